The molecular weight excluding hydrogens is 385 g/mol. The van der Waals surface area contributed by atoms with Gasteiger partial charge in [0.1, 0.15) is 0 Å². The first-order valence-corrected chi connectivity index (χ1v) is 9.54. The molecule has 0 aliphatic carbocycles. The van der Waals surface area contributed by atoms with E-state index in [9.17, 15) is 4.79 Å². The molecule has 2 atom stereocenters. The van der Waals surface area contributed by atoms with Gasteiger partial charge in [0.2, 0.25) is 5.91 Å². The lowest BCUT2D eigenvalue weighted by molar-refractivity contribution is -0.137. The minimum Gasteiger partial charge on any atom is -0.379 e. The molecule has 7 heteroatoms. The maximum atomic E-state index is 12.8. The molecule has 2 N–H and O–H groups in total. The number of halogens is 2. The number of benzene rings is 1. The molecule has 5 nitrogen and oxygen atoms in total. The van der Waals surface area contributed by atoms with Crippen LogP contribution in [0.1, 0.15) is 31.4 Å². The van der Waals surface area contributed by atoms with Gasteiger partial charge in [-0.2, -0.15) is 0 Å². The number of piperidine rings is 1. The predicted molar refractivity (Wildman–Crippen MR) is 114 cm³/mol. The van der Waals surface area contributed by atoms with E-state index in [2.05, 4.69) is 4.90 Å². The molecule has 0 radical (unpaired) electrons. The highest BCUT2D eigenvalue weighted by Gasteiger charge is 2.30. The van der Waals surface area contributed by atoms with Crippen LogP contribution in [0.5, 0.6) is 0 Å². The van der Waals surface area contributed by atoms with Crippen LogP contribution in [-0.4, -0.2) is 61.6 Å². The number of hydrogen-bond donors (Lipinski definition) is 1. The number of nitrogens with zero attached hydrogens (tertiary/aromatic N) is 2. The summed E-state index contributed by atoms with van der Waals surface area (Å²) in [6.45, 7) is 8.62. The first kappa shape index (κ1) is 24.2. The molecule has 2 saturated heterocycles. The molecule has 1 aromatic carbocycles. The largest absolute Gasteiger partial charge is 0.379 e. The number of hydrogen-bond acceptors (Lipinski definition) is 4. The van der Waals surface area contributed by atoms with E-state index in [0.29, 0.717) is 5.92 Å². The third kappa shape index (κ3) is 6.61. The van der Waals surface area contributed by atoms with Crippen molar-refractivity contribution in [3.8, 4) is 0 Å². The number of carbonyl (C=O) groups excluding carboxylic acids is 1. The molecule has 1 amide bonds. The van der Waals surface area contributed by atoms with Gasteiger partial charge in [0.25, 0.3) is 0 Å². The lowest BCUT2D eigenvalue weighted by atomic mass is 9.91. The Kier molecular flexibility index (Phi) is 10.6. The van der Waals surface area contributed by atoms with E-state index in [1.165, 1.54) is 0 Å². The quantitative estimate of drug-likeness (QED) is 0.799. The zero-order valence-corrected chi connectivity index (χ0v) is 17.7. The minimum atomic E-state index is -0.236. The molecule has 0 bridgehead atoms. The number of nitrogens with two attached hydrogens (primary N) is 1. The van der Waals surface area contributed by atoms with Gasteiger partial charge >= 0.3 is 0 Å². The summed E-state index contributed by atoms with van der Waals surface area (Å²) in [7, 11) is 0. The lowest BCUT2D eigenvalue weighted by Crippen LogP contribution is -2.46. The number of rotatable bonds is 5. The summed E-state index contributed by atoms with van der Waals surface area (Å²) in [6, 6.07) is 9.70. The summed E-state index contributed by atoms with van der Waals surface area (Å²) in [5.41, 5.74) is 7.36. The average molecular weight is 418 g/mol. The van der Waals surface area contributed by atoms with Gasteiger partial charge in [-0.25, -0.2) is 0 Å². The predicted octanol–water partition coefficient (Wildman–Crippen LogP) is 2.74. The summed E-state index contributed by atoms with van der Waals surface area (Å²) >= 11 is 0. The Morgan fingerprint density at radius 1 is 1.11 bits per heavy atom. The van der Waals surface area contributed by atoms with Crippen molar-refractivity contribution in [3.63, 3.8) is 0 Å². The Bertz CT molecular complexity index is 547. The Morgan fingerprint density at radius 2 is 1.70 bits per heavy atom. The summed E-state index contributed by atoms with van der Waals surface area (Å²) in [4.78, 5) is 17.3. The molecule has 2 heterocycles. The van der Waals surface area contributed by atoms with E-state index >= 15 is 0 Å². The monoisotopic (exact) mass is 417 g/mol. The molecule has 3 rings (SSSR count). The number of carbonyl (C=O) groups is 1. The molecule has 2 unspecified atom stereocenters. The van der Waals surface area contributed by atoms with Crippen molar-refractivity contribution in [1.29, 1.82) is 0 Å². The Balaban J connectivity index is 0.00000182. The highest BCUT2D eigenvalue weighted by Crippen LogP contribution is 2.25. The molecular formula is C20H33Cl2N3O2. The van der Waals surface area contributed by atoms with Crippen molar-refractivity contribution < 1.29 is 9.53 Å². The van der Waals surface area contributed by atoms with Crippen molar-refractivity contribution in [2.45, 2.75) is 25.8 Å². The molecule has 27 heavy (non-hydrogen) atoms. The van der Waals surface area contributed by atoms with Crippen LogP contribution >= 0.6 is 24.8 Å². The molecule has 2 aliphatic heterocycles. The standard InChI is InChI=1S/C20H31N3O2.2ClH/c1-16(19(21)18-5-3-2-4-6-18)20(24)23-9-7-17(8-10-23)15-22-11-13-25-14-12-22;;/h2-6,16-17,19H,7-15,21H2,1H3;2*1H. The molecule has 154 valence electrons. The number of ether oxygens (including phenoxy) is 1. The number of likely N-dealkylation sites (tertiary alicyclic amines) is 1. The van der Waals surface area contributed by atoms with Crippen LogP contribution in [0.2, 0.25) is 0 Å². The highest BCUT2D eigenvalue weighted by atomic mass is 35.5. The third-order valence-corrected chi connectivity index (χ3v) is 5.66. The Morgan fingerprint density at radius 3 is 2.30 bits per heavy atom. The SMILES string of the molecule is CC(C(=O)N1CCC(CN2CCOCC2)CC1)C(N)c1ccccc1.Cl.Cl. The van der Waals surface area contributed by atoms with Crippen LogP contribution in [0, 0.1) is 11.8 Å². The zero-order valence-electron chi connectivity index (χ0n) is 16.1. The lowest BCUT2D eigenvalue weighted by Gasteiger charge is -2.37. The van der Waals surface area contributed by atoms with Gasteiger partial charge in [-0.05, 0) is 24.3 Å². The summed E-state index contributed by atoms with van der Waals surface area (Å²) in [5, 5.41) is 0. The van der Waals surface area contributed by atoms with E-state index in [0.717, 1.165) is 64.3 Å². The highest BCUT2D eigenvalue weighted by molar-refractivity contribution is 5.85. The van der Waals surface area contributed by atoms with Crippen molar-refractivity contribution >= 4 is 30.7 Å². The van der Waals surface area contributed by atoms with Crippen molar-refractivity contribution in [1.82, 2.24) is 9.80 Å². The molecule has 1 aromatic rings. The van der Waals surface area contributed by atoms with E-state index < -0.39 is 0 Å². The Hall–Kier alpha value is -0.850. The maximum Gasteiger partial charge on any atom is 0.227 e. The molecule has 2 aliphatic rings. The topological polar surface area (TPSA) is 58.8 Å². The molecule has 0 saturated carbocycles. The van der Waals surface area contributed by atoms with Gasteiger partial charge < -0.3 is 15.4 Å². The van der Waals surface area contributed by atoms with Crippen LogP contribution in [0.25, 0.3) is 0 Å². The second kappa shape index (κ2) is 11.9. The van der Waals surface area contributed by atoms with E-state index in [-0.39, 0.29) is 42.7 Å². The van der Waals surface area contributed by atoms with Gasteiger partial charge in [0, 0.05) is 38.8 Å². The second-order valence-electron chi connectivity index (χ2n) is 7.41. The fourth-order valence-corrected chi connectivity index (χ4v) is 3.89. The number of amides is 1. The van der Waals surface area contributed by atoms with Crippen LogP contribution in [-0.2, 0) is 9.53 Å². The Labute approximate surface area is 175 Å². The number of morpholine rings is 1. The van der Waals surface area contributed by atoms with E-state index in [1.54, 1.807) is 0 Å². The van der Waals surface area contributed by atoms with Crippen LogP contribution in [0.3, 0.4) is 0 Å². The van der Waals surface area contributed by atoms with Gasteiger partial charge in [-0.1, -0.05) is 37.3 Å². The van der Waals surface area contributed by atoms with Gasteiger partial charge in [0.05, 0.1) is 19.1 Å². The van der Waals surface area contributed by atoms with Crippen LogP contribution in [0.4, 0.5) is 0 Å². The van der Waals surface area contributed by atoms with Crippen molar-refractivity contribution in [2.24, 2.45) is 17.6 Å². The van der Waals surface area contributed by atoms with Crippen LogP contribution < -0.4 is 5.73 Å². The van der Waals surface area contributed by atoms with E-state index in [4.69, 9.17) is 10.5 Å². The fraction of sp³-hybridized carbons (Fsp3) is 0.650. The molecule has 2 fully saturated rings. The summed E-state index contributed by atoms with van der Waals surface area (Å²) in [5.74, 6) is 0.708. The van der Waals surface area contributed by atoms with Gasteiger partial charge in [-0.3, -0.25) is 9.69 Å². The van der Waals surface area contributed by atoms with E-state index in [1.807, 2.05) is 42.2 Å². The first-order valence-electron chi connectivity index (χ1n) is 9.54. The van der Waals surface area contributed by atoms with Crippen molar-refractivity contribution in [2.75, 3.05) is 45.9 Å². The molecule has 0 spiro atoms. The first-order chi connectivity index (χ1) is 12.1. The smallest absolute Gasteiger partial charge is 0.227 e. The average Bonchev–Trinajstić information content (AvgIpc) is 2.68. The molecule has 0 aromatic heterocycles. The van der Waals surface area contributed by atoms with Gasteiger partial charge in [0.15, 0.2) is 0 Å². The van der Waals surface area contributed by atoms with Gasteiger partial charge in [-0.15, -0.1) is 24.8 Å². The van der Waals surface area contributed by atoms with Crippen molar-refractivity contribution in [3.05, 3.63) is 35.9 Å². The van der Waals surface area contributed by atoms with Crippen LogP contribution in [0.15, 0.2) is 30.3 Å². The summed E-state index contributed by atoms with van der Waals surface area (Å²) < 4.78 is 5.42. The normalized spacial score (nSPS) is 20.9. The third-order valence-electron chi connectivity index (χ3n) is 5.66. The zero-order chi connectivity index (χ0) is 17.6. The maximum absolute atomic E-state index is 12.8. The summed E-state index contributed by atoms with van der Waals surface area (Å²) in [6.07, 6.45) is 2.19. The fourth-order valence-electron chi connectivity index (χ4n) is 3.89. The second-order valence-corrected chi connectivity index (χ2v) is 7.41. The minimum absolute atomic E-state index is 0.